The fourth-order valence-corrected chi connectivity index (χ4v) is 3.29. The van der Waals surface area contributed by atoms with Crippen LogP contribution in [0.25, 0.3) is 0 Å². The van der Waals surface area contributed by atoms with Crippen LogP contribution in [-0.4, -0.2) is 59.5 Å². The van der Waals surface area contributed by atoms with Crippen molar-refractivity contribution in [2.24, 2.45) is 0 Å². The number of nitrogens with zero attached hydrogens (tertiary/aromatic N) is 2. The van der Waals surface area contributed by atoms with Gasteiger partial charge in [0.05, 0.1) is 17.1 Å². The van der Waals surface area contributed by atoms with Crippen LogP contribution in [0.3, 0.4) is 0 Å². The summed E-state index contributed by atoms with van der Waals surface area (Å²) >= 11 is 6.03. The van der Waals surface area contributed by atoms with Gasteiger partial charge in [0, 0.05) is 19.1 Å². The molecule has 1 heterocycles. The summed E-state index contributed by atoms with van der Waals surface area (Å²) in [6.07, 6.45) is 2.33. The Kier molecular flexibility index (Phi) is 6.18. The van der Waals surface area contributed by atoms with Gasteiger partial charge in [-0.15, -0.1) is 0 Å². The molecule has 1 saturated heterocycles. The third kappa shape index (κ3) is 4.45. The number of likely N-dealkylation sites (tertiary alicyclic amines) is 1. The van der Waals surface area contributed by atoms with Gasteiger partial charge in [0.1, 0.15) is 5.82 Å². The minimum absolute atomic E-state index is 0.0123. The summed E-state index contributed by atoms with van der Waals surface area (Å²) in [6.45, 7) is 2.70. The third-order valence-corrected chi connectivity index (χ3v) is 4.78. The third-order valence-electron chi connectivity index (χ3n) is 4.47. The number of hydrogen-bond donors (Lipinski definition) is 1. The summed E-state index contributed by atoms with van der Waals surface area (Å²) in [5, 5.41) is 9.02. The van der Waals surface area contributed by atoms with Crippen LogP contribution >= 0.6 is 11.6 Å². The summed E-state index contributed by atoms with van der Waals surface area (Å²) in [6, 6.07) is 2.79. The second-order valence-electron chi connectivity index (χ2n) is 6.27. The van der Waals surface area contributed by atoms with Gasteiger partial charge in [-0.2, -0.15) is 0 Å². The number of aryl methyl sites for hydroxylation is 1. The first-order valence-electron chi connectivity index (χ1n) is 7.96. The lowest BCUT2D eigenvalue weighted by Crippen LogP contribution is -2.37. The summed E-state index contributed by atoms with van der Waals surface area (Å²) in [5.41, 5.74) is 0.699. The molecule has 5 nitrogen and oxygen atoms in total. The highest BCUT2D eigenvalue weighted by atomic mass is 35.5. The molecule has 2 rings (SSSR count). The number of carboxylic acid groups (broad SMARTS) is 1. The van der Waals surface area contributed by atoms with Gasteiger partial charge < -0.3 is 10.0 Å². The molecule has 1 N–H and O–H groups in total. The van der Waals surface area contributed by atoms with Gasteiger partial charge in [-0.05, 0) is 50.9 Å². The number of carbonyl (C=O) groups is 2. The Labute approximate surface area is 146 Å². The van der Waals surface area contributed by atoms with Gasteiger partial charge in [0.15, 0.2) is 0 Å². The number of carboxylic acids is 1. The van der Waals surface area contributed by atoms with Crippen molar-refractivity contribution in [1.29, 1.82) is 0 Å². The topological polar surface area (TPSA) is 60.9 Å². The smallest absolute Gasteiger partial charge is 0.317 e. The summed E-state index contributed by atoms with van der Waals surface area (Å²) in [7, 11) is 1.79. The first kappa shape index (κ1) is 18.7. The van der Waals surface area contributed by atoms with Crippen LogP contribution in [0.4, 0.5) is 4.39 Å². The predicted octanol–water partition coefficient (Wildman–Crippen LogP) is 2.80. The fourth-order valence-electron chi connectivity index (χ4n) is 3.06. The van der Waals surface area contributed by atoms with Crippen molar-refractivity contribution in [3.63, 3.8) is 0 Å². The zero-order valence-corrected chi connectivity index (χ0v) is 14.6. The number of hydrogen-bond acceptors (Lipinski definition) is 3. The van der Waals surface area contributed by atoms with E-state index in [-0.39, 0.29) is 23.5 Å². The van der Waals surface area contributed by atoms with Gasteiger partial charge in [-0.25, -0.2) is 4.39 Å². The average Bonchev–Trinajstić information content (AvgIpc) is 2.75. The maximum absolute atomic E-state index is 13.5. The lowest BCUT2D eigenvalue weighted by Gasteiger charge is -2.25. The molecule has 7 heteroatoms. The fraction of sp³-hybridized carbons (Fsp3) is 0.529. The van der Waals surface area contributed by atoms with E-state index < -0.39 is 11.8 Å². The number of benzene rings is 1. The summed E-state index contributed by atoms with van der Waals surface area (Å²) in [5.74, 6) is -1.49. The Bertz CT molecular complexity index is 639. The number of rotatable bonds is 4. The van der Waals surface area contributed by atoms with E-state index in [4.69, 9.17) is 16.7 Å². The van der Waals surface area contributed by atoms with E-state index in [2.05, 4.69) is 0 Å². The summed E-state index contributed by atoms with van der Waals surface area (Å²) in [4.78, 5) is 27.1. The average molecular weight is 357 g/mol. The maximum atomic E-state index is 13.5. The van der Waals surface area contributed by atoms with Crippen LogP contribution in [0.15, 0.2) is 12.1 Å². The Morgan fingerprint density at radius 3 is 2.75 bits per heavy atom. The lowest BCUT2D eigenvalue weighted by molar-refractivity contribution is -0.138. The molecule has 0 aromatic heterocycles. The van der Waals surface area contributed by atoms with Crippen molar-refractivity contribution < 1.29 is 19.1 Å². The van der Waals surface area contributed by atoms with E-state index in [9.17, 15) is 14.0 Å². The zero-order chi connectivity index (χ0) is 17.9. The first-order chi connectivity index (χ1) is 11.3. The van der Waals surface area contributed by atoms with E-state index >= 15 is 0 Å². The molecule has 1 aromatic carbocycles. The molecule has 1 aliphatic heterocycles. The second kappa shape index (κ2) is 7.94. The van der Waals surface area contributed by atoms with Gasteiger partial charge in [-0.1, -0.05) is 11.6 Å². The molecule has 1 aromatic rings. The van der Waals surface area contributed by atoms with Crippen LogP contribution in [0, 0.1) is 12.7 Å². The highest BCUT2D eigenvalue weighted by Gasteiger charge is 2.26. The van der Waals surface area contributed by atoms with E-state index in [1.165, 1.54) is 12.1 Å². The molecule has 1 aliphatic rings. The van der Waals surface area contributed by atoms with Crippen molar-refractivity contribution in [3.8, 4) is 0 Å². The molecular formula is C17H22ClFN2O3. The van der Waals surface area contributed by atoms with Crippen LogP contribution < -0.4 is 0 Å². The van der Waals surface area contributed by atoms with Crippen LogP contribution in [0.2, 0.25) is 5.02 Å². The van der Waals surface area contributed by atoms with Crippen molar-refractivity contribution >= 4 is 23.5 Å². The van der Waals surface area contributed by atoms with Crippen molar-refractivity contribution in [2.75, 3.05) is 26.7 Å². The van der Waals surface area contributed by atoms with E-state index in [0.717, 1.165) is 12.8 Å². The number of aliphatic carboxylic acids is 1. The molecule has 0 unspecified atom stereocenters. The Morgan fingerprint density at radius 2 is 2.08 bits per heavy atom. The Balaban J connectivity index is 2.07. The molecule has 1 amide bonds. The van der Waals surface area contributed by atoms with Crippen LogP contribution in [0.5, 0.6) is 0 Å². The highest BCUT2D eigenvalue weighted by molar-refractivity contribution is 6.33. The number of halogens is 2. The van der Waals surface area contributed by atoms with Crippen molar-refractivity contribution in [3.05, 3.63) is 34.1 Å². The van der Waals surface area contributed by atoms with E-state index in [1.807, 2.05) is 4.90 Å². The Hall–Kier alpha value is -1.66. The van der Waals surface area contributed by atoms with Gasteiger partial charge >= 0.3 is 5.97 Å². The number of likely N-dealkylation sites (N-methyl/N-ethyl adjacent to an activating group) is 1. The number of carbonyl (C=O) groups excluding carboxylic acids is 1. The highest BCUT2D eigenvalue weighted by Crippen LogP contribution is 2.24. The maximum Gasteiger partial charge on any atom is 0.317 e. The predicted molar refractivity (Wildman–Crippen MR) is 90.0 cm³/mol. The van der Waals surface area contributed by atoms with E-state index in [0.29, 0.717) is 30.6 Å². The monoisotopic (exact) mass is 356 g/mol. The first-order valence-corrected chi connectivity index (χ1v) is 8.34. The van der Waals surface area contributed by atoms with Crippen LogP contribution in [0.1, 0.15) is 35.2 Å². The molecule has 0 saturated carbocycles. The minimum atomic E-state index is -0.858. The van der Waals surface area contributed by atoms with Crippen molar-refractivity contribution in [2.45, 2.75) is 32.2 Å². The molecule has 1 fully saturated rings. The van der Waals surface area contributed by atoms with Crippen LogP contribution in [-0.2, 0) is 4.79 Å². The normalized spacial score (nSPS) is 18.5. The molecule has 0 radical (unpaired) electrons. The molecular weight excluding hydrogens is 335 g/mol. The Morgan fingerprint density at radius 1 is 1.38 bits per heavy atom. The second-order valence-corrected chi connectivity index (χ2v) is 6.67. The van der Waals surface area contributed by atoms with Gasteiger partial charge in [0.2, 0.25) is 0 Å². The lowest BCUT2D eigenvalue weighted by atomic mass is 10.1. The molecule has 0 spiro atoms. The minimum Gasteiger partial charge on any atom is -0.480 e. The summed E-state index contributed by atoms with van der Waals surface area (Å²) < 4.78 is 13.5. The van der Waals surface area contributed by atoms with Crippen molar-refractivity contribution in [1.82, 2.24) is 9.80 Å². The SMILES string of the molecule is Cc1cc(C(=O)N2CCC[C@@H](N(C)CC(=O)O)CC2)c(Cl)cc1F. The molecule has 24 heavy (non-hydrogen) atoms. The molecule has 132 valence electrons. The molecule has 1 atom stereocenters. The molecule has 0 aliphatic carbocycles. The largest absolute Gasteiger partial charge is 0.480 e. The quantitative estimate of drug-likeness (QED) is 0.901. The van der Waals surface area contributed by atoms with Gasteiger partial charge in [-0.3, -0.25) is 14.5 Å². The zero-order valence-electron chi connectivity index (χ0n) is 13.9. The standard InChI is InChI=1S/C17H22ClFN2O3/c1-11-8-13(14(18)9-15(11)19)17(24)21-6-3-4-12(5-7-21)20(2)10-16(22)23/h8-9,12H,3-7,10H2,1-2H3,(H,22,23)/t12-/m1/s1. The van der Waals surface area contributed by atoms with E-state index in [1.54, 1.807) is 18.9 Å². The number of amides is 1. The molecule has 0 bridgehead atoms. The van der Waals surface area contributed by atoms with Gasteiger partial charge in [0.25, 0.3) is 5.91 Å².